The van der Waals surface area contributed by atoms with Gasteiger partial charge in [0.25, 0.3) is 5.91 Å². The number of methoxy groups -OCH3 is 1. The minimum absolute atomic E-state index is 0.180. The Morgan fingerprint density at radius 2 is 2.17 bits per heavy atom. The number of H-pyrrole nitrogens is 1. The molecule has 0 radical (unpaired) electrons. The Morgan fingerprint density at radius 1 is 1.44 bits per heavy atom. The second-order valence-corrected chi connectivity index (χ2v) is 3.76. The highest BCUT2D eigenvalue weighted by Gasteiger charge is 2.17. The number of anilines is 2. The molecule has 0 aliphatic rings. The fraction of sp³-hybridized carbons (Fsp3) is 0.167. The van der Waals surface area contributed by atoms with Gasteiger partial charge in [0.15, 0.2) is 5.82 Å². The Bertz CT molecular complexity index is 558. The van der Waals surface area contributed by atoms with E-state index in [0.29, 0.717) is 22.7 Å². The number of aryl methyl sites for hydroxylation is 1. The van der Waals surface area contributed by atoms with Crippen LogP contribution in [0, 0.1) is 6.92 Å². The molecule has 0 aliphatic heterocycles. The van der Waals surface area contributed by atoms with Gasteiger partial charge in [-0.3, -0.25) is 9.89 Å². The number of nitrogens with zero attached hydrogens (tertiary/aromatic N) is 1. The first-order chi connectivity index (χ1) is 8.63. The van der Waals surface area contributed by atoms with E-state index < -0.39 is 0 Å². The summed E-state index contributed by atoms with van der Waals surface area (Å²) in [4.78, 5) is 12.1. The summed E-state index contributed by atoms with van der Waals surface area (Å²) in [5.41, 5.74) is 7.19. The summed E-state index contributed by atoms with van der Waals surface area (Å²) in [6.45, 7) is 1.74. The van der Waals surface area contributed by atoms with E-state index in [9.17, 15) is 4.79 Å². The number of para-hydroxylation sites is 2. The summed E-state index contributed by atoms with van der Waals surface area (Å²) in [6, 6.07) is 7.15. The summed E-state index contributed by atoms with van der Waals surface area (Å²) >= 11 is 0. The van der Waals surface area contributed by atoms with Gasteiger partial charge in [0.2, 0.25) is 0 Å². The van der Waals surface area contributed by atoms with Crippen LogP contribution in [0.5, 0.6) is 5.75 Å². The zero-order valence-electron chi connectivity index (χ0n) is 10.2. The lowest BCUT2D eigenvalue weighted by molar-refractivity contribution is 0.102. The highest BCUT2D eigenvalue weighted by atomic mass is 16.5. The number of nitrogen functional groups attached to an aromatic ring is 1. The molecule has 1 aromatic carbocycles. The van der Waals surface area contributed by atoms with E-state index in [1.165, 1.54) is 0 Å². The van der Waals surface area contributed by atoms with Crippen LogP contribution < -0.4 is 15.8 Å². The largest absolute Gasteiger partial charge is 0.495 e. The first kappa shape index (κ1) is 12.0. The molecule has 1 aromatic heterocycles. The van der Waals surface area contributed by atoms with Crippen molar-refractivity contribution in [2.75, 3.05) is 18.2 Å². The van der Waals surface area contributed by atoms with Crippen LogP contribution in [0.25, 0.3) is 0 Å². The first-order valence-corrected chi connectivity index (χ1v) is 5.38. The van der Waals surface area contributed by atoms with E-state index in [2.05, 4.69) is 15.5 Å². The van der Waals surface area contributed by atoms with Crippen molar-refractivity contribution in [3.63, 3.8) is 0 Å². The summed E-state index contributed by atoms with van der Waals surface area (Å²) in [5, 5.41) is 9.19. The predicted molar refractivity (Wildman–Crippen MR) is 68.7 cm³/mol. The molecule has 2 aromatic rings. The molecule has 0 bridgehead atoms. The van der Waals surface area contributed by atoms with Gasteiger partial charge in [-0.05, 0) is 19.1 Å². The minimum atomic E-state index is -0.316. The summed E-state index contributed by atoms with van der Waals surface area (Å²) < 4.78 is 5.15. The van der Waals surface area contributed by atoms with Gasteiger partial charge in [-0.2, -0.15) is 5.10 Å². The van der Waals surface area contributed by atoms with Gasteiger partial charge >= 0.3 is 0 Å². The summed E-state index contributed by atoms with van der Waals surface area (Å²) in [7, 11) is 1.54. The van der Waals surface area contributed by atoms with Crippen LogP contribution in [0.15, 0.2) is 24.3 Å². The van der Waals surface area contributed by atoms with Gasteiger partial charge in [0, 0.05) is 5.69 Å². The molecular formula is C12H14N4O2. The Kier molecular flexibility index (Phi) is 3.18. The average Bonchev–Trinajstić information content (AvgIpc) is 2.69. The molecule has 0 unspecified atom stereocenters. The number of nitrogens with one attached hydrogen (secondary N) is 2. The van der Waals surface area contributed by atoms with Crippen LogP contribution in [0.1, 0.15) is 16.1 Å². The van der Waals surface area contributed by atoms with Crippen molar-refractivity contribution in [2.24, 2.45) is 0 Å². The molecule has 0 aliphatic carbocycles. The minimum Gasteiger partial charge on any atom is -0.495 e. The van der Waals surface area contributed by atoms with Gasteiger partial charge in [-0.25, -0.2) is 0 Å². The zero-order valence-corrected chi connectivity index (χ0v) is 10.2. The molecule has 4 N–H and O–H groups in total. The van der Waals surface area contributed by atoms with Crippen molar-refractivity contribution >= 4 is 17.4 Å². The Hall–Kier alpha value is -2.50. The van der Waals surface area contributed by atoms with Crippen molar-refractivity contribution in [3.05, 3.63) is 35.5 Å². The maximum atomic E-state index is 12.1. The summed E-state index contributed by atoms with van der Waals surface area (Å²) in [6.07, 6.45) is 0. The highest BCUT2D eigenvalue weighted by molar-refractivity contribution is 6.08. The third-order valence-corrected chi connectivity index (χ3v) is 2.56. The third-order valence-electron chi connectivity index (χ3n) is 2.56. The number of carbonyl (C=O) groups excluding carboxylic acids is 1. The van der Waals surface area contributed by atoms with Crippen LogP contribution >= 0.6 is 0 Å². The van der Waals surface area contributed by atoms with E-state index in [1.54, 1.807) is 26.2 Å². The molecule has 0 saturated heterocycles. The number of nitrogens with two attached hydrogens (primary N) is 1. The second-order valence-electron chi connectivity index (χ2n) is 3.76. The molecule has 2 rings (SSSR count). The molecule has 1 heterocycles. The zero-order chi connectivity index (χ0) is 13.1. The van der Waals surface area contributed by atoms with Gasteiger partial charge in [0.1, 0.15) is 11.3 Å². The van der Waals surface area contributed by atoms with Gasteiger partial charge < -0.3 is 15.8 Å². The molecule has 0 spiro atoms. The SMILES string of the molecule is COc1ccccc1NC(=O)c1c(N)n[nH]c1C. The number of amides is 1. The molecule has 18 heavy (non-hydrogen) atoms. The van der Waals surface area contributed by atoms with Crippen molar-refractivity contribution in [2.45, 2.75) is 6.92 Å². The van der Waals surface area contributed by atoms with Crippen LogP contribution in [0.3, 0.4) is 0 Å². The molecule has 6 heteroatoms. The number of ether oxygens (including phenoxy) is 1. The van der Waals surface area contributed by atoms with Crippen molar-refractivity contribution < 1.29 is 9.53 Å². The fourth-order valence-electron chi connectivity index (χ4n) is 1.67. The lowest BCUT2D eigenvalue weighted by Gasteiger charge is -2.09. The number of benzene rings is 1. The smallest absolute Gasteiger partial charge is 0.261 e. The topological polar surface area (TPSA) is 93.0 Å². The molecule has 6 nitrogen and oxygen atoms in total. The van der Waals surface area contributed by atoms with Crippen molar-refractivity contribution in [1.82, 2.24) is 10.2 Å². The lowest BCUT2D eigenvalue weighted by Crippen LogP contribution is -2.14. The Balaban J connectivity index is 2.27. The lowest BCUT2D eigenvalue weighted by atomic mass is 10.2. The Morgan fingerprint density at radius 3 is 2.78 bits per heavy atom. The molecular weight excluding hydrogens is 232 g/mol. The maximum Gasteiger partial charge on any atom is 0.261 e. The molecule has 1 amide bonds. The van der Waals surface area contributed by atoms with Crippen LogP contribution in [-0.2, 0) is 0 Å². The van der Waals surface area contributed by atoms with Gasteiger partial charge in [0.05, 0.1) is 12.8 Å². The normalized spacial score (nSPS) is 10.1. The second kappa shape index (κ2) is 4.79. The van der Waals surface area contributed by atoms with Crippen LogP contribution in [0.4, 0.5) is 11.5 Å². The molecule has 0 atom stereocenters. The highest BCUT2D eigenvalue weighted by Crippen LogP contribution is 2.24. The molecule has 0 fully saturated rings. The quantitative estimate of drug-likeness (QED) is 0.766. The van der Waals surface area contributed by atoms with E-state index in [0.717, 1.165) is 0 Å². The van der Waals surface area contributed by atoms with Crippen LogP contribution in [-0.4, -0.2) is 23.2 Å². The summed E-state index contributed by atoms with van der Waals surface area (Å²) in [5.74, 6) is 0.453. The molecule has 94 valence electrons. The average molecular weight is 246 g/mol. The van der Waals surface area contributed by atoms with Crippen molar-refractivity contribution in [3.8, 4) is 5.75 Å². The predicted octanol–water partition coefficient (Wildman–Crippen LogP) is 1.56. The van der Waals surface area contributed by atoms with E-state index in [1.807, 2.05) is 12.1 Å². The first-order valence-electron chi connectivity index (χ1n) is 5.38. The molecule has 0 saturated carbocycles. The van der Waals surface area contributed by atoms with Gasteiger partial charge in [-0.1, -0.05) is 12.1 Å². The monoisotopic (exact) mass is 246 g/mol. The fourth-order valence-corrected chi connectivity index (χ4v) is 1.67. The van der Waals surface area contributed by atoms with Crippen LogP contribution in [0.2, 0.25) is 0 Å². The number of hydrogen-bond acceptors (Lipinski definition) is 4. The number of carbonyl (C=O) groups is 1. The number of aromatic amines is 1. The van der Waals surface area contributed by atoms with E-state index in [-0.39, 0.29) is 11.7 Å². The van der Waals surface area contributed by atoms with Crippen molar-refractivity contribution in [1.29, 1.82) is 0 Å². The standard InChI is InChI=1S/C12H14N4O2/c1-7-10(11(13)16-15-7)12(17)14-8-5-3-4-6-9(8)18-2/h3-6H,1-2H3,(H,14,17)(H3,13,15,16). The number of rotatable bonds is 3. The Labute approximate surface area is 104 Å². The number of aromatic nitrogens is 2. The number of hydrogen-bond donors (Lipinski definition) is 3. The maximum absolute atomic E-state index is 12.1. The third kappa shape index (κ3) is 2.13. The van der Waals surface area contributed by atoms with E-state index >= 15 is 0 Å². The van der Waals surface area contributed by atoms with E-state index in [4.69, 9.17) is 10.5 Å². The van der Waals surface area contributed by atoms with Gasteiger partial charge in [-0.15, -0.1) is 0 Å².